The summed E-state index contributed by atoms with van der Waals surface area (Å²) in [5.41, 5.74) is 1.72. The smallest absolute Gasteiger partial charge is 0.225 e. The van der Waals surface area contributed by atoms with Crippen molar-refractivity contribution in [2.75, 3.05) is 10.6 Å². The van der Waals surface area contributed by atoms with Gasteiger partial charge in [0, 0.05) is 17.4 Å². The molecule has 1 rings (SSSR count). The standard InChI is InChI=1S/C11H11BrN2O/c12-7-5-11(15)14-10-3-1-9(2-4-10)6-8-13/h1-4H,5-7H2,(H,14,15). The van der Waals surface area contributed by atoms with Gasteiger partial charge in [0.25, 0.3) is 0 Å². The second-order valence-corrected chi connectivity index (χ2v) is 3.81. The number of carbonyl (C=O) groups excluding carboxylic acids is 1. The monoisotopic (exact) mass is 266 g/mol. The Labute approximate surface area is 97.2 Å². The molecule has 0 aliphatic carbocycles. The number of rotatable bonds is 4. The molecule has 15 heavy (non-hydrogen) atoms. The number of carbonyl (C=O) groups is 1. The zero-order valence-corrected chi connectivity index (χ0v) is 9.75. The number of alkyl halides is 1. The number of amides is 1. The van der Waals surface area contributed by atoms with Crippen molar-refractivity contribution in [1.29, 1.82) is 5.26 Å². The minimum Gasteiger partial charge on any atom is -0.326 e. The van der Waals surface area contributed by atoms with Crippen LogP contribution in [0.3, 0.4) is 0 Å². The minimum absolute atomic E-state index is 0.0140. The average Bonchev–Trinajstić information content (AvgIpc) is 2.22. The van der Waals surface area contributed by atoms with E-state index in [1.165, 1.54) is 0 Å². The Morgan fingerprint density at radius 1 is 1.40 bits per heavy atom. The van der Waals surface area contributed by atoms with Gasteiger partial charge < -0.3 is 5.32 Å². The summed E-state index contributed by atoms with van der Waals surface area (Å²) >= 11 is 3.20. The summed E-state index contributed by atoms with van der Waals surface area (Å²) in [6.07, 6.45) is 0.857. The Hall–Kier alpha value is -1.34. The maximum atomic E-state index is 11.2. The largest absolute Gasteiger partial charge is 0.326 e. The molecular formula is C11H11BrN2O. The van der Waals surface area contributed by atoms with E-state index in [9.17, 15) is 4.79 Å². The third-order valence-electron chi connectivity index (χ3n) is 1.84. The molecule has 1 aromatic carbocycles. The first-order valence-electron chi connectivity index (χ1n) is 4.58. The molecule has 1 amide bonds. The number of anilines is 1. The molecule has 1 N–H and O–H groups in total. The van der Waals surface area contributed by atoms with E-state index in [1.807, 2.05) is 12.1 Å². The fourth-order valence-corrected chi connectivity index (χ4v) is 1.47. The third kappa shape index (κ3) is 4.13. The van der Waals surface area contributed by atoms with Crippen LogP contribution in [0.15, 0.2) is 24.3 Å². The zero-order valence-electron chi connectivity index (χ0n) is 8.16. The molecule has 0 saturated carbocycles. The highest BCUT2D eigenvalue weighted by molar-refractivity contribution is 9.09. The number of hydrogen-bond acceptors (Lipinski definition) is 2. The van der Waals surface area contributed by atoms with Crippen molar-refractivity contribution in [2.24, 2.45) is 0 Å². The lowest BCUT2D eigenvalue weighted by molar-refractivity contribution is -0.115. The van der Waals surface area contributed by atoms with Gasteiger partial charge in [0.05, 0.1) is 12.5 Å². The van der Waals surface area contributed by atoms with Gasteiger partial charge in [-0.2, -0.15) is 5.26 Å². The first kappa shape index (κ1) is 11.7. The van der Waals surface area contributed by atoms with E-state index in [2.05, 4.69) is 27.3 Å². The molecule has 0 fully saturated rings. The van der Waals surface area contributed by atoms with E-state index in [-0.39, 0.29) is 5.91 Å². The highest BCUT2D eigenvalue weighted by Gasteiger charge is 2.00. The number of halogens is 1. The van der Waals surface area contributed by atoms with Crippen molar-refractivity contribution in [2.45, 2.75) is 12.8 Å². The van der Waals surface area contributed by atoms with Gasteiger partial charge in [0.1, 0.15) is 0 Å². The van der Waals surface area contributed by atoms with Crippen LogP contribution in [-0.2, 0) is 11.2 Å². The van der Waals surface area contributed by atoms with Crippen LogP contribution in [0.1, 0.15) is 12.0 Å². The molecule has 1 aromatic rings. The number of benzene rings is 1. The van der Waals surface area contributed by atoms with E-state index < -0.39 is 0 Å². The Morgan fingerprint density at radius 2 is 2.07 bits per heavy atom. The van der Waals surface area contributed by atoms with Gasteiger partial charge in [-0.05, 0) is 17.7 Å². The van der Waals surface area contributed by atoms with Crippen LogP contribution in [0.5, 0.6) is 0 Å². The van der Waals surface area contributed by atoms with Crippen LogP contribution in [0.25, 0.3) is 0 Å². The average molecular weight is 267 g/mol. The highest BCUT2D eigenvalue weighted by atomic mass is 79.9. The molecule has 3 nitrogen and oxygen atoms in total. The summed E-state index contributed by atoms with van der Waals surface area (Å²) in [5, 5.41) is 11.9. The van der Waals surface area contributed by atoms with E-state index in [0.717, 1.165) is 11.3 Å². The summed E-state index contributed by atoms with van der Waals surface area (Å²) in [6.45, 7) is 0. The summed E-state index contributed by atoms with van der Waals surface area (Å²) in [6, 6.07) is 9.36. The third-order valence-corrected chi connectivity index (χ3v) is 2.24. The van der Waals surface area contributed by atoms with Gasteiger partial charge in [-0.25, -0.2) is 0 Å². The van der Waals surface area contributed by atoms with Gasteiger partial charge >= 0.3 is 0 Å². The van der Waals surface area contributed by atoms with Gasteiger partial charge in [-0.15, -0.1) is 0 Å². The molecule has 4 heteroatoms. The maximum absolute atomic E-state index is 11.2. The lowest BCUT2D eigenvalue weighted by Gasteiger charge is -2.04. The van der Waals surface area contributed by atoms with Crippen LogP contribution in [0.2, 0.25) is 0 Å². The first-order chi connectivity index (χ1) is 7.26. The Bertz CT molecular complexity index is 367. The summed E-state index contributed by atoms with van der Waals surface area (Å²) in [5.74, 6) is -0.0140. The molecule has 78 valence electrons. The van der Waals surface area contributed by atoms with E-state index in [1.54, 1.807) is 12.1 Å². The Morgan fingerprint density at radius 3 is 2.60 bits per heavy atom. The maximum Gasteiger partial charge on any atom is 0.225 e. The summed E-state index contributed by atoms with van der Waals surface area (Å²) < 4.78 is 0. The predicted octanol–water partition coefficient (Wildman–Crippen LogP) is 2.48. The summed E-state index contributed by atoms with van der Waals surface area (Å²) in [4.78, 5) is 11.2. The lowest BCUT2D eigenvalue weighted by Crippen LogP contribution is -2.11. The normalized spacial score (nSPS) is 9.33. The molecule has 0 radical (unpaired) electrons. The molecular weight excluding hydrogens is 256 g/mol. The van der Waals surface area contributed by atoms with E-state index in [4.69, 9.17) is 5.26 Å². The number of nitriles is 1. The molecule has 0 aliphatic heterocycles. The van der Waals surface area contributed by atoms with Crippen LogP contribution >= 0.6 is 15.9 Å². The Balaban J connectivity index is 2.57. The SMILES string of the molecule is N#CCc1ccc(NC(=O)CCBr)cc1. The fraction of sp³-hybridized carbons (Fsp3) is 0.273. The molecule has 0 unspecified atom stereocenters. The van der Waals surface area contributed by atoms with Gasteiger partial charge in [0.2, 0.25) is 5.91 Å². The molecule has 0 aromatic heterocycles. The molecule has 0 atom stereocenters. The Kier molecular flexibility index (Phi) is 4.85. The predicted molar refractivity (Wildman–Crippen MR) is 62.8 cm³/mol. The van der Waals surface area contributed by atoms with Crippen molar-refractivity contribution in [3.05, 3.63) is 29.8 Å². The minimum atomic E-state index is -0.0140. The van der Waals surface area contributed by atoms with Crippen molar-refractivity contribution in [3.8, 4) is 6.07 Å². The highest BCUT2D eigenvalue weighted by Crippen LogP contribution is 2.10. The topological polar surface area (TPSA) is 52.9 Å². The van der Waals surface area contributed by atoms with Crippen LogP contribution in [0, 0.1) is 11.3 Å². The number of hydrogen-bond donors (Lipinski definition) is 1. The van der Waals surface area contributed by atoms with Gasteiger partial charge in [-0.3, -0.25) is 4.79 Å². The second-order valence-electron chi connectivity index (χ2n) is 3.02. The number of nitrogens with one attached hydrogen (secondary N) is 1. The lowest BCUT2D eigenvalue weighted by atomic mass is 10.1. The van der Waals surface area contributed by atoms with Gasteiger partial charge in [0.15, 0.2) is 0 Å². The first-order valence-corrected chi connectivity index (χ1v) is 5.70. The van der Waals surface area contributed by atoms with Crippen LogP contribution in [0.4, 0.5) is 5.69 Å². The van der Waals surface area contributed by atoms with Crippen LogP contribution in [-0.4, -0.2) is 11.2 Å². The van der Waals surface area contributed by atoms with E-state index in [0.29, 0.717) is 18.2 Å². The molecule has 0 saturated heterocycles. The zero-order chi connectivity index (χ0) is 11.1. The van der Waals surface area contributed by atoms with Crippen LogP contribution < -0.4 is 5.32 Å². The summed E-state index contributed by atoms with van der Waals surface area (Å²) in [7, 11) is 0. The van der Waals surface area contributed by atoms with E-state index >= 15 is 0 Å². The van der Waals surface area contributed by atoms with Gasteiger partial charge in [-0.1, -0.05) is 28.1 Å². The number of nitrogens with zero attached hydrogens (tertiary/aromatic N) is 1. The van der Waals surface area contributed by atoms with Crippen molar-refractivity contribution >= 4 is 27.5 Å². The van der Waals surface area contributed by atoms with Crippen molar-refractivity contribution < 1.29 is 4.79 Å². The van der Waals surface area contributed by atoms with Crippen molar-refractivity contribution in [3.63, 3.8) is 0 Å². The molecule has 0 bridgehead atoms. The molecule has 0 spiro atoms. The van der Waals surface area contributed by atoms with Crippen molar-refractivity contribution in [1.82, 2.24) is 0 Å². The molecule has 0 heterocycles. The molecule has 0 aliphatic rings. The quantitative estimate of drug-likeness (QED) is 0.852. The fourth-order valence-electron chi connectivity index (χ4n) is 1.11. The second kappa shape index (κ2) is 6.20.